The molecular weight excluding hydrogens is 196 g/mol. The largest absolute Gasteiger partial charge is 0.378 e. The van der Waals surface area contributed by atoms with Gasteiger partial charge in [0.25, 0.3) is 0 Å². The number of hydrogen-bond acceptors (Lipinski definition) is 1. The molecule has 1 aromatic carbocycles. The predicted octanol–water partition coefficient (Wildman–Crippen LogP) is 3.13. The second-order valence-corrected chi connectivity index (χ2v) is 3.01. The van der Waals surface area contributed by atoms with Crippen molar-refractivity contribution in [2.24, 2.45) is 0 Å². The van der Waals surface area contributed by atoms with Gasteiger partial charge in [-0.2, -0.15) is 0 Å². The minimum Gasteiger partial charge on any atom is -0.378 e. The second-order valence-electron chi connectivity index (χ2n) is 2.47. The van der Waals surface area contributed by atoms with Crippen LogP contribution >= 0.6 is 11.6 Å². The summed E-state index contributed by atoms with van der Waals surface area (Å²) in [6, 6.07) is 3.89. The van der Waals surface area contributed by atoms with Crippen LogP contribution in [0.5, 0.6) is 0 Å². The van der Waals surface area contributed by atoms with Gasteiger partial charge in [0.15, 0.2) is 11.6 Å². The first kappa shape index (κ1) is 9.99. The fourth-order valence-electron chi connectivity index (χ4n) is 0.831. The number of rotatable bonds is 3. The molecule has 0 aliphatic carbocycles. The molecule has 0 aliphatic heterocycles. The number of benzene rings is 1. The normalized spacial score (nSPS) is 9.77. The van der Waals surface area contributed by atoms with E-state index in [4.69, 9.17) is 11.6 Å². The smallest absolute Gasteiger partial charge is 0.181 e. The average Bonchev–Trinajstić information content (AvgIpc) is 2.07. The molecule has 0 heterocycles. The van der Waals surface area contributed by atoms with E-state index in [1.165, 1.54) is 12.1 Å². The first-order valence-corrected chi connectivity index (χ1v) is 4.00. The lowest BCUT2D eigenvalue weighted by Gasteiger charge is -2.05. The highest BCUT2D eigenvalue weighted by molar-refractivity contribution is 6.29. The van der Waals surface area contributed by atoms with Crippen molar-refractivity contribution in [2.75, 3.05) is 11.9 Å². The molecule has 0 saturated carbocycles. The van der Waals surface area contributed by atoms with Crippen LogP contribution in [-0.2, 0) is 0 Å². The van der Waals surface area contributed by atoms with E-state index in [0.717, 1.165) is 6.07 Å². The Kier molecular flexibility index (Phi) is 3.25. The third-order valence-corrected chi connectivity index (χ3v) is 1.56. The van der Waals surface area contributed by atoms with Crippen LogP contribution in [0.4, 0.5) is 14.5 Å². The first-order valence-electron chi connectivity index (χ1n) is 3.62. The van der Waals surface area contributed by atoms with Crippen LogP contribution in [0.2, 0.25) is 0 Å². The van der Waals surface area contributed by atoms with Crippen LogP contribution in [-0.4, -0.2) is 6.54 Å². The highest BCUT2D eigenvalue weighted by Gasteiger charge is 2.06. The molecule has 0 atom stereocenters. The SMILES string of the molecule is C=C(Cl)CNc1cccc(F)c1F. The molecule has 0 aromatic heterocycles. The minimum absolute atomic E-state index is 0.0850. The molecule has 0 aliphatic rings. The van der Waals surface area contributed by atoms with E-state index in [9.17, 15) is 8.78 Å². The Labute approximate surface area is 80.0 Å². The second kappa shape index (κ2) is 4.23. The van der Waals surface area contributed by atoms with Gasteiger partial charge in [0.05, 0.1) is 12.2 Å². The zero-order valence-corrected chi connectivity index (χ0v) is 7.54. The molecular formula is C9H8ClF2N. The highest BCUT2D eigenvalue weighted by Crippen LogP contribution is 2.16. The van der Waals surface area contributed by atoms with Crippen molar-refractivity contribution in [3.8, 4) is 0 Å². The molecule has 70 valence electrons. The third-order valence-electron chi connectivity index (χ3n) is 1.42. The lowest BCUT2D eigenvalue weighted by Crippen LogP contribution is -2.03. The van der Waals surface area contributed by atoms with Gasteiger partial charge in [-0.1, -0.05) is 24.2 Å². The number of nitrogens with one attached hydrogen (secondary N) is 1. The first-order chi connectivity index (χ1) is 6.11. The molecule has 1 N–H and O–H groups in total. The summed E-state index contributed by atoms with van der Waals surface area (Å²) < 4.78 is 25.6. The van der Waals surface area contributed by atoms with Gasteiger partial charge in [0.2, 0.25) is 0 Å². The van der Waals surface area contributed by atoms with Crippen LogP contribution in [0.3, 0.4) is 0 Å². The molecule has 1 rings (SSSR count). The molecule has 1 aromatic rings. The van der Waals surface area contributed by atoms with E-state index >= 15 is 0 Å². The number of anilines is 1. The Morgan fingerprint density at radius 2 is 2.15 bits per heavy atom. The van der Waals surface area contributed by atoms with Crippen molar-refractivity contribution in [1.82, 2.24) is 0 Å². The molecule has 0 saturated heterocycles. The molecule has 4 heteroatoms. The zero-order chi connectivity index (χ0) is 9.84. The maximum absolute atomic E-state index is 12.9. The van der Waals surface area contributed by atoms with E-state index in [1.807, 2.05) is 0 Å². The lowest BCUT2D eigenvalue weighted by atomic mass is 10.3. The topological polar surface area (TPSA) is 12.0 Å². The van der Waals surface area contributed by atoms with E-state index in [0.29, 0.717) is 5.03 Å². The van der Waals surface area contributed by atoms with Crippen LogP contribution in [0.1, 0.15) is 0 Å². The third kappa shape index (κ3) is 2.70. The quantitative estimate of drug-likeness (QED) is 0.796. The molecule has 0 radical (unpaired) electrons. The molecule has 0 amide bonds. The zero-order valence-electron chi connectivity index (χ0n) is 6.78. The van der Waals surface area contributed by atoms with Crippen LogP contribution < -0.4 is 5.32 Å². The highest BCUT2D eigenvalue weighted by atomic mass is 35.5. The van der Waals surface area contributed by atoms with Gasteiger partial charge in [-0.3, -0.25) is 0 Å². The Bertz CT molecular complexity index is 325. The summed E-state index contributed by atoms with van der Waals surface area (Å²) in [6.45, 7) is 3.62. The summed E-state index contributed by atoms with van der Waals surface area (Å²) in [5.41, 5.74) is 0.0850. The summed E-state index contributed by atoms with van der Waals surface area (Å²) >= 11 is 5.45. The Morgan fingerprint density at radius 1 is 1.46 bits per heavy atom. The van der Waals surface area contributed by atoms with Crippen molar-refractivity contribution >= 4 is 17.3 Å². The summed E-state index contributed by atoms with van der Waals surface area (Å²) in [5.74, 6) is -1.79. The number of hydrogen-bond donors (Lipinski definition) is 1. The Balaban J connectivity index is 2.77. The van der Waals surface area contributed by atoms with Crippen LogP contribution in [0.25, 0.3) is 0 Å². The van der Waals surface area contributed by atoms with Gasteiger partial charge in [0.1, 0.15) is 0 Å². The maximum atomic E-state index is 12.9. The molecule has 0 spiro atoms. The van der Waals surface area contributed by atoms with Gasteiger partial charge in [-0.05, 0) is 12.1 Å². The monoisotopic (exact) mass is 203 g/mol. The van der Waals surface area contributed by atoms with Gasteiger partial charge >= 0.3 is 0 Å². The van der Waals surface area contributed by atoms with Crippen molar-refractivity contribution in [3.63, 3.8) is 0 Å². The number of halogens is 3. The van der Waals surface area contributed by atoms with Crippen molar-refractivity contribution < 1.29 is 8.78 Å². The van der Waals surface area contributed by atoms with E-state index < -0.39 is 11.6 Å². The van der Waals surface area contributed by atoms with Gasteiger partial charge in [-0.15, -0.1) is 0 Å². The van der Waals surface area contributed by atoms with Crippen molar-refractivity contribution in [3.05, 3.63) is 41.4 Å². The van der Waals surface area contributed by atoms with E-state index in [1.54, 1.807) is 0 Å². The molecule has 0 unspecified atom stereocenters. The fraction of sp³-hybridized carbons (Fsp3) is 0.111. The molecule has 1 nitrogen and oxygen atoms in total. The lowest BCUT2D eigenvalue weighted by molar-refractivity contribution is 0.511. The summed E-state index contributed by atoms with van der Waals surface area (Å²) in [5, 5.41) is 2.94. The molecule has 0 bridgehead atoms. The summed E-state index contributed by atoms with van der Waals surface area (Å²) in [6.07, 6.45) is 0. The van der Waals surface area contributed by atoms with Crippen LogP contribution in [0.15, 0.2) is 29.8 Å². The van der Waals surface area contributed by atoms with Crippen molar-refractivity contribution in [2.45, 2.75) is 0 Å². The summed E-state index contributed by atoms with van der Waals surface area (Å²) in [7, 11) is 0. The summed E-state index contributed by atoms with van der Waals surface area (Å²) in [4.78, 5) is 0. The average molecular weight is 204 g/mol. The van der Waals surface area contributed by atoms with Gasteiger partial charge in [-0.25, -0.2) is 8.78 Å². The maximum Gasteiger partial charge on any atom is 0.181 e. The van der Waals surface area contributed by atoms with Gasteiger partial charge in [0, 0.05) is 5.03 Å². The van der Waals surface area contributed by atoms with Crippen molar-refractivity contribution in [1.29, 1.82) is 0 Å². The predicted molar refractivity (Wildman–Crippen MR) is 49.8 cm³/mol. The van der Waals surface area contributed by atoms with E-state index in [-0.39, 0.29) is 12.2 Å². The van der Waals surface area contributed by atoms with Gasteiger partial charge < -0.3 is 5.32 Å². The van der Waals surface area contributed by atoms with E-state index in [2.05, 4.69) is 11.9 Å². The Hall–Kier alpha value is -1.09. The van der Waals surface area contributed by atoms with Crippen LogP contribution in [0, 0.1) is 11.6 Å². The Morgan fingerprint density at radius 3 is 2.77 bits per heavy atom. The fourth-order valence-corrected chi connectivity index (χ4v) is 0.898. The molecule has 0 fully saturated rings. The minimum atomic E-state index is -0.902. The standard InChI is InChI=1S/C9H8ClF2N/c1-6(10)5-13-8-4-2-3-7(11)9(8)12/h2-4,13H,1,5H2. The molecule has 13 heavy (non-hydrogen) atoms.